The molecule has 1 aliphatic carbocycles. The molecule has 146 valence electrons. The van der Waals surface area contributed by atoms with Crippen molar-refractivity contribution < 1.29 is 4.74 Å². The molecule has 2 heterocycles. The number of nitrogens with one attached hydrogen (secondary N) is 1. The van der Waals surface area contributed by atoms with E-state index in [0.29, 0.717) is 17.8 Å². The van der Waals surface area contributed by atoms with Crippen LogP contribution in [0.1, 0.15) is 25.3 Å². The Morgan fingerprint density at radius 1 is 1.07 bits per heavy atom. The van der Waals surface area contributed by atoms with Gasteiger partial charge in [0.15, 0.2) is 0 Å². The lowest BCUT2D eigenvalue weighted by molar-refractivity contribution is 0.324. The van der Waals surface area contributed by atoms with Gasteiger partial charge in [0.2, 0.25) is 0 Å². The second-order valence-electron chi connectivity index (χ2n) is 7.36. The predicted octanol–water partition coefficient (Wildman–Crippen LogP) is 5.24. The number of nitrogen functional groups attached to an aromatic ring is 1. The molecule has 0 amide bonds. The first-order valence-corrected chi connectivity index (χ1v) is 9.91. The van der Waals surface area contributed by atoms with Crippen LogP contribution in [-0.4, -0.2) is 21.6 Å². The Balaban J connectivity index is 1.65. The summed E-state index contributed by atoms with van der Waals surface area (Å²) >= 11 is 0. The average Bonchev–Trinajstić information content (AvgIpc) is 2.99. The fourth-order valence-corrected chi connectivity index (χ4v) is 3.94. The Labute approximate surface area is 169 Å². The highest BCUT2D eigenvalue weighted by Crippen LogP contribution is 2.45. The molecule has 1 saturated carbocycles. The smallest absolute Gasteiger partial charge is 0.321 e. The Bertz CT molecular complexity index is 1150. The fourth-order valence-electron chi connectivity index (χ4n) is 3.94. The van der Waals surface area contributed by atoms with Gasteiger partial charge in [-0.25, -0.2) is 9.97 Å². The minimum atomic E-state index is 0.337. The van der Waals surface area contributed by atoms with Crippen molar-refractivity contribution in [3.05, 3.63) is 60.9 Å². The van der Waals surface area contributed by atoms with Gasteiger partial charge in [-0.1, -0.05) is 12.1 Å². The van der Waals surface area contributed by atoms with E-state index in [1.54, 1.807) is 18.5 Å². The standard InChI is InChI=1S/C23H23N5O/c1-25-16-8-6-15(7-9-16)22-21(24)19-11-10-18(29-23-26-12-3-13-27-23)14-20(19)28(22)17-4-2-5-17/h3,6-14,17,25H,2,4-5,24H2,1H3. The van der Waals surface area contributed by atoms with E-state index in [0.717, 1.165) is 46.4 Å². The second-order valence-corrected chi connectivity index (χ2v) is 7.36. The van der Waals surface area contributed by atoms with Crippen molar-refractivity contribution in [1.82, 2.24) is 14.5 Å². The third kappa shape index (κ3) is 3.06. The van der Waals surface area contributed by atoms with Crippen LogP contribution in [0.25, 0.3) is 22.2 Å². The Morgan fingerprint density at radius 3 is 2.48 bits per heavy atom. The van der Waals surface area contributed by atoms with Crippen molar-refractivity contribution in [2.45, 2.75) is 25.3 Å². The average molecular weight is 385 g/mol. The summed E-state index contributed by atoms with van der Waals surface area (Å²) in [5.41, 5.74) is 11.9. The largest absolute Gasteiger partial charge is 0.424 e. The second kappa shape index (κ2) is 7.13. The number of fused-ring (bicyclic) bond motifs is 1. The number of ether oxygens (including phenoxy) is 1. The van der Waals surface area contributed by atoms with Gasteiger partial charge < -0.3 is 20.4 Å². The van der Waals surface area contributed by atoms with Crippen LogP contribution in [0, 0.1) is 0 Å². The van der Waals surface area contributed by atoms with Gasteiger partial charge in [-0.3, -0.25) is 0 Å². The summed E-state index contributed by atoms with van der Waals surface area (Å²) < 4.78 is 8.26. The third-order valence-electron chi connectivity index (χ3n) is 5.65. The molecule has 0 spiro atoms. The molecule has 0 unspecified atom stereocenters. The molecule has 3 N–H and O–H groups in total. The number of benzene rings is 2. The number of aromatic nitrogens is 3. The minimum absolute atomic E-state index is 0.337. The summed E-state index contributed by atoms with van der Waals surface area (Å²) in [7, 11) is 1.92. The van der Waals surface area contributed by atoms with E-state index in [1.165, 1.54) is 6.42 Å². The SMILES string of the molecule is CNc1ccc(-c2c(N)c3ccc(Oc4ncccn4)cc3n2C2CCC2)cc1. The number of anilines is 2. The maximum Gasteiger partial charge on any atom is 0.321 e. The lowest BCUT2D eigenvalue weighted by atomic mass is 9.92. The van der Waals surface area contributed by atoms with Crippen LogP contribution < -0.4 is 15.8 Å². The number of hydrogen-bond donors (Lipinski definition) is 2. The number of nitrogens with two attached hydrogens (primary N) is 1. The molecule has 29 heavy (non-hydrogen) atoms. The molecule has 0 saturated heterocycles. The molecular formula is C23H23N5O. The summed E-state index contributed by atoms with van der Waals surface area (Å²) in [5, 5.41) is 4.22. The van der Waals surface area contributed by atoms with Gasteiger partial charge in [0.25, 0.3) is 0 Å². The highest BCUT2D eigenvalue weighted by atomic mass is 16.5. The van der Waals surface area contributed by atoms with E-state index in [1.807, 2.05) is 25.2 Å². The van der Waals surface area contributed by atoms with Gasteiger partial charge in [0.05, 0.1) is 16.9 Å². The molecule has 1 fully saturated rings. The summed E-state index contributed by atoms with van der Waals surface area (Å²) in [5.74, 6) is 0.707. The van der Waals surface area contributed by atoms with Crippen molar-refractivity contribution in [1.29, 1.82) is 0 Å². The Hall–Kier alpha value is -3.54. The van der Waals surface area contributed by atoms with Crippen LogP contribution in [0.3, 0.4) is 0 Å². The van der Waals surface area contributed by atoms with Crippen LogP contribution in [0.2, 0.25) is 0 Å². The zero-order valence-electron chi connectivity index (χ0n) is 16.3. The quantitative estimate of drug-likeness (QED) is 0.491. The number of hydrogen-bond acceptors (Lipinski definition) is 5. The van der Waals surface area contributed by atoms with Gasteiger partial charge >= 0.3 is 6.01 Å². The highest BCUT2D eigenvalue weighted by molar-refractivity contribution is 6.01. The Kier molecular flexibility index (Phi) is 4.31. The molecule has 2 aromatic carbocycles. The van der Waals surface area contributed by atoms with Gasteiger partial charge in [-0.15, -0.1) is 0 Å². The van der Waals surface area contributed by atoms with E-state index < -0.39 is 0 Å². The highest BCUT2D eigenvalue weighted by Gasteiger charge is 2.27. The molecule has 0 radical (unpaired) electrons. The minimum Gasteiger partial charge on any atom is -0.424 e. The van der Waals surface area contributed by atoms with Crippen molar-refractivity contribution >= 4 is 22.3 Å². The van der Waals surface area contributed by atoms with Crippen LogP contribution in [-0.2, 0) is 0 Å². The summed E-state index contributed by atoms with van der Waals surface area (Å²) in [4.78, 5) is 8.31. The lowest BCUT2D eigenvalue weighted by Crippen LogP contribution is -2.17. The fraction of sp³-hybridized carbons (Fsp3) is 0.217. The van der Waals surface area contributed by atoms with Crippen LogP contribution in [0.4, 0.5) is 11.4 Å². The first-order chi connectivity index (χ1) is 14.2. The van der Waals surface area contributed by atoms with E-state index in [4.69, 9.17) is 10.5 Å². The van der Waals surface area contributed by atoms with E-state index in [2.05, 4.69) is 44.1 Å². The molecular weight excluding hydrogens is 362 g/mol. The molecule has 2 aromatic heterocycles. The maximum atomic E-state index is 6.66. The predicted molar refractivity (Wildman–Crippen MR) is 116 cm³/mol. The van der Waals surface area contributed by atoms with Crippen LogP contribution in [0.5, 0.6) is 11.8 Å². The monoisotopic (exact) mass is 385 g/mol. The zero-order valence-corrected chi connectivity index (χ0v) is 16.3. The molecule has 1 aliphatic rings. The summed E-state index contributed by atoms with van der Waals surface area (Å²) in [6.45, 7) is 0. The molecule has 6 nitrogen and oxygen atoms in total. The normalized spacial score (nSPS) is 14.0. The van der Waals surface area contributed by atoms with Gasteiger partial charge in [-0.2, -0.15) is 0 Å². The van der Waals surface area contributed by atoms with Crippen molar-refractivity contribution in [3.8, 4) is 23.0 Å². The Morgan fingerprint density at radius 2 is 1.83 bits per heavy atom. The van der Waals surface area contributed by atoms with Gasteiger partial charge in [-0.05, 0) is 49.6 Å². The topological polar surface area (TPSA) is 78.0 Å². The molecule has 6 heteroatoms. The summed E-state index contributed by atoms with van der Waals surface area (Å²) in [6.07, 6.45) is 6.91. The van der Waals surface area contributed by atoms with Gasteiger partial charge in [0, 0.05) is 48.2 Å². The van der Waals surface area contributed by atoms with Crippen molar-refractivity contribution in [2.75, 3.05) is 18.1 Å². The third-order valence-corrected chi connectivity index (χ3v) is 5.65. The molecule has 0 atom stereocenters. The first-order valence-electron chi connectivity index (χ1n) is 9.91. The van der Waals surface area contributed by atoms with Crippen molar-refractivity contribution in [3.63, 3.8) is 0 Å². The van der Waals surface area contributed by atoms with E-state index in [-0.39, 0.29) is 0 Å². The lowest BCUT2D eigenvalue weighted by Gasteiger charge is -2.30. The van der Waals surface area contributed by atoms with Crippen LogP contribution in [0.15, 0.2) is 60.9 Å². The molecule has 0 aliphatic heterocycles. The van der Waals surface area contributed by atoms with Crippen molar-refractivity contribution in [2.24, 2.45) is 0 Å². The van der Waals surface area contributed by atoms with E-state index in [9.17, 15) is 0 Å². The number of nitrogens with zero attached hydrogens (tertiary/aromatic N) is 3. The molecule has 5 rings (SSSR count). The number of rotatable bonds is 5. The molecule has 0 bridgehead atoms. The molecule has 4 aromatic rings. The summed E-state index contributed by atoms with van der Waals surface area (Å²) in [6, 6.07) is 17.0. The maximum absolute atomic E-state index is 6.66. The van der Waals surface area contributed by atoms with Gasteiger partial charge in [0.1, 0.15) is 5.75 Å². The zero-order chi connectivity index (χ0) is 19.8. The van der Waals surface area contributed by atoms with E-state index >= 15 is 0 Å². The first kappa shape index (κ1) is 17.6. The van der Waals surface area contributed by atoms with Crippen LogP contribution >= 0.6 is 0 Å².